The lowest BCUT2D eigenvalue weighted by Gasteiger charge is -2.58. The number of esters is 1. The van der Waals surface area contributed by atoms with E-state index in [0.717, 1.165) is 19.3 Å². The first-order valence-electron chi connectivity index (χ1n) is 8.40. The van der Waals surface area contributed by atoms with Crippen LogP contribution in [0.2, 0.25) is 0 Å². The van der Waals surface area contributed by atoms with Crippen molar-refractivity contribution in [1.82, 2.24) is 9.55 Å². The van der Waals surface area contributed by atoms with Crippen molar-refractivity contribution in [1.29, 1.82) is 0 Å². The molecule has 2 atom stereocenters. The highest BCUT2D eigenvalue weighted by Gasteiger charge is 2.60. The first kappa shape index (κ1) is 15.7. The molecule has 1 aromatic heterocycles. The molecule has 5 rings (SSSR count). The summed E-state index contributed by atoms with van der Waals surface area (Å²) in [6.45, 7) is 0.565. The Morgan fingerprint density at radius 3 is 2.46 bits per heavy atom. The zero-order chi connectivity index (χ0) is 17.1. The van der Waals surface area contributed by atoms with Crippen molar-refractivity contribution in [2.24, 2.45) is 23.2 Å². The second kappa shape index (κ2) is 5.10. The van der Waals surface area contributed by atoms with Crippen molar-refractivity contribution in [3.63, 3.8) is 0 Å². The molecule has 0 amide bonds. The van der Waals surface area contributed by atoms with Gasteiger partial charge in [-0.2, -0.15) is 8.78 Å². The molecule has 4 bridgehead atoms. The first-order chi connectivity index (χ1) is 11.3. The fourth-order valence-electron chi connectivity index (χ4n) is 5.31. The maximum Gasteiger partial charge on any atom is 0.376 e. The maximum atomic E-state index is 13.2. The van der Waals surface area contributed by atoms with Gasteiger partial charge in [0.1, 0.15) is 12.4 Å². The van der Waals surface area contributed by atoms with Crippen molar-refractivity contribution in [3.05, 3.63) is 18.7 Å². The zero-order valence-electron chi connectivity index (χ0n) is 13.5. The van der Waals surface area contributed by atoms with Crippen LogP contribution in [0, 0.1) is 23.2 Å². The van der Waals surface area contributed by atoms with Crippen LogP contribution < -0.4 is 0 Å². The lowest BCUT2D eigenvalue weighted by Crippen LogP contribution is -2.58. The van der Waals surface area contributed by atoms with Crippen molar-refractivity contribution in [2.75, 3.05) is 0 Å². The number of imidazole rings is 1. The number of hydrogen-bond donors (Lipinski definition) is 0. The Bertz CT molecular complexity index is 652. The van der Waals surface area contributed by atoms with Crippen LogP contribution in [0.15, 0.2) is 18.7 Å². The summed E-state index contributed by atoms with van der Waals surface area (Å²) >= 11 is 0. The molecule has 1 aromatic rings. The molecule has 0 aromatic carbocycles. The highest BCUT2D eigenvalue weighted by Crippen LogP contribution is 2.61. The van der Waals surface area contributed by atoms with Gasteiger partial charge in [0, 0.05) is 19.3 Å². The number of ether oxygens (including phenoxy) is 1. The van der Waals surface area contributed by atoms with Crippen LogP contribution in [0.5, 0.6) is 0 Å². The Morgan fingerprint density at radius 1 is 1.25 bits per heavy atom. The van der Waals surface area contributed by atoms with E-state index in [0.29, 0.717) is 25.7 Å². The third-order valence-electron chi connectivity index (χ3n) is 5.98. The molecule has 0 aliphatic heterocycles. The largest absolute Gasteiger partial charge is 0.457 e. The monoisotopic (exact) mass is 338 g/mol. The van der Waals surface area contributed by atoms with Gasteiger partial charge >= 0.3 is 11.9 Å². The van der Waals surface area contributed by atoms with Crippen LogP contribution in [0.25, 0.3) is 0 Å². The molecule has 5 nitrogen and oxygen atoms in total. The van der Waals surface area contributed by atoms with Gasteiger partial charge in [0.15, 0.2) is 0 Å². The average Bonchev–Trinajstić information content (AvgIpc) is 3.02. The van der Waals surface area contributed by atoms with Gasteiger partial charge in [-0.1, -0.05) is 0 Å². The van der Waals surface area contributed by atoms with Crippen molar-refractivity contribution >= 4 is 11.9 Å². The van der Waals surface area contributed by atoms with E-state index in [1.807, 2.05) is 0 Å². The quantitative estimate of drug-likeness (QED) is 0.795. The van der Waals surface area contributed by atoms with Gasteiger partial charge < -0.3 is 4.74 Å². The molecule has 4 saturated carbocycles. The lowest BCUT2D eigenvalue weighted by atomic mass is 9.48. The number of alkyl halides is 2. The third-order valence-corrected chi connectivity index (χ3v) is 5.98. The number of aromatic nitrogens is 2. The summed E-state index contributed by atoms with van der Waals surface area (Å²) in [5.74, 6) is -4.49. The Labute approximate surface area is 138 Å². The van der Waals surface area contributed by atoms with Crippen LogP contribution in [-0.2, 0) is 9.53 Å². The number of rotatable bonds is 3. The van der Waals surface area contributed by atoms with Crippen LogP contribution in [0.4, 0.5) is 8.78 Å². The average molecular weight is 338 g/mol. The van der Waals surface area contributed by atoms with Crippen LogP contribution in [0.1, 0.15) is 43.8 Å². The van der Waals surface area contributed by atoms with E-state index in [-0.39, 0.29) is 17.7 Å². The molecule has 1 heterocycles. The van der Waals surface area contributed by atoms with Gasteiger partial charge in [0.05, 0.1) is 5.41 Å². The molecular formula is C17H20F2N2O3. The summed E-state index contributed by atoms with van der Waals surface area (Å²) in [5.41, 5.74) is -0.463. The molecule has 0 radical (unpaired) electrons. The number of hydrogen-bond acceptors (Lipinski definition) is 4. The van der Waals surface area contributed by atoms with E-state index in [1.165, 1.54) is 10.9 Å². The van der Waals surface area contributed by atoms with Crippen LogP contribution in [0.3, 0.4) is 0 Å². The number of halogens is 2. The molecule has 4 aliphatic carbocycles. The predicted molar refractivity (Wildman–Crippen MR) is 79.3 cm³/mol. The Morgan fingerprint density at radius 2 is 1.92 bits per heavy atom. The molecule has 0 saturated heterocycles. The fraction of sp³-hybridized carbons (Fsp3) is 0.706. The molecule has 7 heteroatoms. The summed E-state index contributed by atoms with van der Waals surface area (Å²) in [7, 11) is 0. The topological polar surface area (TPSA) is 61.2 Å². The first-order valence-corrected chi connectivity index (χ1v) is 8.40. The van der Waals surface area contributed by atoms with Crippen LogP contribution in [-0.4, -0.2) is 33.5 Å². The van der Waals surface area contributed by atoms with Gasteiger partial charge in [-0.25, -0.2) is 9.78 Å². The molecule has 130 valence electrons. The molecular weight excluding hydrogens is 318 g/mol. The minimum atomic E-state index is -3.47. The second-order valence-corrected chi connectivity index (χ2v) is 7.78. The molecule has 0 N–H and O–H groups in total. The summed E-state index contributed by atoms with van der Waals surface area (Å²) in [6.07, 6.45) is 7.99. The Balaban J connectivity index is 1.56. The van der Waals surface area contributed by atoms with E-state index >= 15 is 0 Å². The standard InChI is InChI=1S/C17H20F2N2O3/c1-16(18,19)15(23)24-13-11-4-10-5-12(13)8-17(6-10,7-11)14(22)21-3-2-20-9-21/h2-3,9-13H,4-8H2,1H3. The molecule has 2 unspecified atom stereocenters. The highest BCUT2D eigenvalue weighted by atomic mass is 19.3. The van der Waals surface area contributed by atoms with Gasteiger partial charge in [-0.3, -0.25) is 9.36 Å². The van der Waals surface area contributed by atoms with Crippen molar-refractivity contribution in [2.45, 2.75) is 51.1 Å². The van der Waals surface area contributed by atoms with E-state index in [1.54, 1.807) is 12.4 Å². The van der Waals surface area contributed by atoms with E-state index in [9.17, 15) is 18.4 Å². The minimum absolute atomic E-state index is 0.00461. The number of nitrogens with zero attached hydrogens (tertiary/aromatic N) is 2. The smallest absolute Gasteiger partial charge is 0.376 e. The SMILES string of the molecule is CC(F)(F)C(=O)OC1C2CC3CC1CC(C(=O)n1ccnc1)(C3)C2. The summed E-state index contributed by atoms with van der Waals surface area (Å²) in [5, 5.41) is 0. The predicted octanol–water partition coefficient (Wildman–Crippen LogP) is 2.92. The van der Waals surface area contributed by atoms with E-state index in [4.69, 9.17) is 4.74 Å². The number of carbonyl (C=O) groups excluding carboxylic acids is 2. The summed E-state index contributed by atoms with van der Waals surface area (Å²) < 4.78 is 33.1. The number of carbonyl (C=O) groups is 2. The maximum absolute atomic E-state index is 13.2. The van der Waals surface area contributed by atoms with Crippen molar-refractivity contribution < 1.29 is 23.1 Å². The molecule has 4 fully saturated rings. The molecule has 4 aliphatic rings. The van der Waals surface area contributed by atoms with E-state index in [2.05, 4.69) is 4.98 Å². The Kier molecular flexibility index (Phi) is 3.34. The van der Waals surface area contributed by atoms with Gasteiger partial charge in [0.25, 0.3) is 0 Å². The zero-order valence-corrected chi connectivity index (χ0v) is 13.5. The van der Waals surface area contributed by atoms with Crippen LogP contribution >= 0.6 is 0 Å². The molecule has 0 spiro atoms. The van der Waals surface area contributed by atoms with Gasteiger partial charge in [-0.15, -0.1) is 0 Å². The normalized spacial score (nSPS) is 37.5. The Hall–Kier alpha value is -1.79. The summed E-state index contributed by atoms with van der Waals surface area (Å²) in [6, 6.07) is 0. The lowest BCUT2D eigenvalue weighted by molar-refractivity contribution is -0.197. The minimum Gasteiger partial charge on any atom is -0.457 e. The summed E-state index contributed by atoms with van der Waals surface area (Å²) in [4.78, 5) is 28.5. The highest BCUT2D eigenvalue weighted by molar-refractivity contribution is 5.85. The van der Waals surface area contributed by atoms with Gasteiger partial charge in [0.2, 0.25) is 5.91 Å². The van der Waals surface area contributed by atoms with E-state index < -0.39 is 23.4 Å². The third kappa shape index (κ3) is 2.36. The van der Waals surface area contributed by atoms with Crippen molar-refractivity contribution in [3.8, 4) is 0 Å². The molecule has 24 heavy (non-hydrogen) atoms. The fourth-order valence-corrected chi connectivity index (χ4v) is 5.31. The second-order valence-electron chi connectivity index (χ2n) is 7.78. The van der Waals surface area contributed by atoms with Gasteiger partial charge in [-0.05, 0) is 49.9 Å².